The Morgan fingerprint density at radius 3 is 2.32 bits per heavy atom. The molecular formula is C22H26O6. The topological polar surface area (TPSA) is 110 Å². The number of ether oxygens (including phenoxy) is 1. The fourth-order valence-electron chi connectivity index (χ4n) is 4.16. The van der Waals surface area contributed by atoms with Gasteiger partial charge in [-0.3, -0.25) is 0 Å². The minimum Gasteiger partial charge on any atom is -0.507 e. The van der Waals surface area contributed by atoms with E-state index in [1.807, 2.05) is 6.07 Å². The van der Waals surface area contributed by atoms with E-state index < -0.39 is 37.1 Å². The van der Waals surface area contributed by atoms with Crippen LogP contribution < -0.4 is 0 Å². The summed E-state index contributed by atoms with van der Waals surface area (Å²) >= 11 is 0. The van der Waals surface area contributed by atoms with Gasteiger partial charge in [-0.05, 0) is 60.1 Å². The first-order chi connectivity index (χ1) is 13.4. The van der Waals surface area contributed by atoms with Crippen LogP contribution in [0.15, 0.2) is 30.3 Å². The number of hydrogen-bond donors (Lipinski definition) is 5. The van der Waals surface area contributed by atoms with Gasteiger partial charge in [0.1, 0.15) is 36.3 Å². The molecule has 4 rings (SSSR count). The Balaban J connectivity index is 1.65. The summed E-state index contributed by atoms with van der Waals surface area (Å²) in [5.41, 5.74) is 5.86. The standard InChI is InChI=1S/C22H26O6/c1-11-6-13(7-12-2-3-14-4-5-15(14)8-12)9-16(18(11)24)22-21(27)20(26)19(25)17(10-23)28-22/h2-3,6,8-9,17,19-27H,4-5,7,10H2,1H3/t17-,19-,20+,21-,22+/m1/s1. The van der Waals surface area contributed by atoms with E-state index in [0.29, 0.717) is 17.5 Å². The van der Waals surface area contributed by atoms with Gasteiger partial charge in [0, 0.05) is 5.56 Å². The molecule has 2 aromatic carbocycles. The zero-order valence-electron chi connectivity index (χ0n) is 15.7. The van der Waals surface area contributed by atoms with Gasteiger partial charge in [0.25, 0.3) is 0 Å². The number of hydrogen-bond acceptors (Lipinski definition) is 6. The molecule has 1 saturated heterocycles. The van der Waals surface area contributed by atoms with Gasteiger partial charge in [0.15, 0.2) is 0 Å². The molecule has 6 nitrogen and oxygen atoms in total. The first kappa shape index (κ1) is 19.4. The Kier molecular flexibility index (Phi) is 5.16. The van der Waals surface area contributed by atoms with Gasteiger partial charge in [-0.2, -0.15) is 0 Å². The number of benzene rings is 2. The van der Waals surface area contributed by atoms with Crippen LogP contribution in [0.4, 0.5) is 0 Å². The van der Waals surface area contributed by atoms with Crippen molar-refractivity contribution in [3.63, 3.8) is 0 Å². The Bertz CT molecular complexity index is 878. The second kappa shape index (κ2) is 7.46. The molecule has 0 saturated carbocycles. The molecule has 0 unspecified atom stereocenters. The Hall–Kier alpha value is -1.96. The highest BCUT2D eigenvalue weighted by atomic mass is 16.5. The monoisotopic (exact) mass is 386 g/mol. The van der Waals surface area contributed by atoms with Gasteiger partial charge in [0.05, 0.1) is 6.61 Å². The van der Waals surface area contributed by atoms with Crippen molar-refractivity contribution in [2.75, 3.05) is 6.61 Å². The Labute approximate surface area is 163 Å². The van der Waals surface area contributed by atoms with Crippen LogP contribution in [0, 0.1) is 6.92 Å². The maximum absolute atomic E-state index is 10.6. The zero-order chi connectivity index (χ0) is 20.0. The summed E-state index contributed by atoms with van der Waals surface area (Å²) in [4.78, 5) is 0. The first-order valence-corrected chi connectivity index (χ1v) is 9.62. The number of aliphatic hydroxyl groups is 4. The maximum atomic E-state index is 10.6. The molecule has 1 aliphatic carbocycles. The normalized spacial score (nSPS) is 29.2. The molecule has 0 spiro atoms. The van der Waals surface area contributed by atoms with Crippen molar-refractivity contribution in [3.8, 4) is 5.75 Å². The van der Waals surface area contributed by atoms with E-state index >= 15 is 0 Å². The average Bonchev–Trinajstić information content (AvgIpc) is 2.65. The summed E-state index contributed by atoms with van der Waals surface area (Å²) in [6, 6.07) is 10.1. The zero-order valence-corrected chi connectivity index (χ0v) is 15.7. The molecule has 1 fully saturated rings. The largest absolute Gasteiger partial charge is 0.507 e. The van der Waals surface area contributed by atoms with Crippen LogP contribution in [0.1, 0.15) is 39.5 Å². The van der Waals surface area contributed by atoms with E-state index in [1.165, 1.54) is 16.7 Å². The molecule has 0 amide bonds. The maximum Gasteiger partial charge on any atom is 0.124 e. The molecule has 150 valence electrons. The van der Waals surface area contributed by atoms with E-state index in [-0.39, 0.29) is 5.75 Å². The first-order valence-electron chi connectivity index (χ1n) is 9.62. The van der Waals surface area contributed by atoms with Crippen LogP contribution >= 0.6 is 0 Å². The van der Waals surface area contributed by atoms with Crippen molar-refractivity contribution in [3.05, 3.63) is 63.7 Å². The molecule has 28 heavy (non-hydrogen) atoms. The van der Waals surface area contributed by atoms with Gasteiger partial charge in [0.2, 0.25) is 0 Å². The van der Waals surface area contributed by atoms with Crippen molar-refractivity contribution in [2.24, 2.45) is 0 Å². The molecular weight excluding hydrogens is 360 g/mol. The molecule has 0 aromatic heterocycles. The molecule has 0 radical (unpaired) electrons. The lowest BCUT2D eigenvalue weighted by atomic mass is 9.85. The number of phenols is 1. The highest BCUT2D eigenvalue weighted by molar-refractivity contribution is 5.47. The molecule has 5 N–H and O–H groups in total. The number of rotatable bonds is 4. The summed E-state index contributed by atoms with van der Waals surface area (Å²) in [5.74, 6) is -0.0229. The lowest BCUT2D eigenvalue weighted by molar-refractivity contribution is -0.232. The van der Waals surface area contributed by atoms with Crippen molar-refractivity contribution in [1.29, 1.82) is 0 Å². The molecule has 2 aromatic rings. The quantitative estimate of drug-likeness (QED) is 0.534. The lowest BCUT2D eigenvalue weighted by Crippen LogP contribution is -2.55. The molecule has 2 aliphatic rings. The van der Waals surface area contributed by atoms with Crippen LogP contribution in [0.2, 0.25) is 0 Å². The predicted octanol–water partition coefficient (Wildman–Crippen LogP) is 0.905. The third-order valence-electron chi connectivity index (χ3n) is 5.93. The highest BCUT2D eigenvalue weighted by Gasteiger charge is 2.44. The number of phenolic OH excluding ortho intramolecular Hbond substituents is 1. The number of aliphatic hydroxyl groups excluding tert-OH is 4. The smallest absolute Gasteiger partial charge is 0.124 e. The van der Waals surface area contributed by atoms with Gasteiger partial charge in [-0.15, -0.1) is 0 Å². The van der Waals surface area contributed by atoms with Crippen molar-refractivity contribution in [1.82, 2.24) is 0 Å². The Morgan fingerprint density at radius 2 is 1.68 bits per heavy atom. The van der Waals surface area contributed by atoms with Crippen molar-refractivity contribution in [2.45, 2.75) is 56.7 Å². The molecule has 1 aliphatic heterocycles. The highest BCUT2D eigenvalue weighted by Crippen LogP contribution is 2.39. The van der Waals surface area contributed by atoms with Gasteiger partial charge in [-0.1, -0.05) is 24.3 Å². The fourth-order valence-corrected chi connectivity index (χ4v) is 4.16. The molecule has 0 bridgehead atoms. The van der Waals surface area contributed by atoms with Crippen LogP contribution in [-0.2, 0) is 24.0 Å². The second-order valence-electron chi connectivity index (χ2n) is 7.88. The van der Waals surface area contributed by atoms with Crippen LogP contribution in [0.3, 0.4) is 0 Å². The van der Waals surface area contributed by atoms with E-state index in [1.54, 1.807) is 13.0 Å². The average molecular weight is 386 g/mol. The third-order valence-corrected chi connectivity index (χ3v) is 5.93. The van der Waals surface area contributed by atoms with Crippen LogP contribution in [-0.4, -0.2) is 56.6 Å². The van der Waals surface area contributed by atoms with Crippen LogP contribution in [0.25, 0.3) is 0 Å². The summed E-state index contributed by atoms with van der Waals surface area (Å²) in [5, 5.41) is 50.5. The van der Waals surface area contributed by atoms with E-state index in [9.17, 15) is 25.5 Å². The van der Waals surface area contributed by atoms with E-state index in [4.69, 9.17) is 4.74 Å². The van der Waals surface area contributed by atoms with E-state index in [0.717, 1.165) is 18.4 Å². The Morgan fingerprint density at radius 1 is 0.929 bits per heavy atom. The number of aromatic hydroxyl groups is 1. The van der Waals surface area contributed by atoms with Crippen LogP contribution in [0.5, 0.6) is 5.75 Å². The van der Waals surface area contributed by atoms with Gasteiger partial charge >= 0.3 is 0 Å². The molecule has 5 atom stereocenters. The third kappa shape index (κ3) is 3.32. The van der Waals surface area contributed by atoms with Gasteiger partial charge < -0.3 is 30.3 Å². The van der Waals surface area contributed by atoms with Gasteiger partial charge in [-0.25, -0.2) is 0 Å². The number of aryl methyl sites for hydroxylation is 3. The molecule has 1 heterocycles. The summed E-state index contributed by atoms with van der Waals surface area (Å²) in [7, 11) is 0. The number of fused-ring (bicyclic) bond motifs is 1. The minimum atomic E-state index is -1.48. The van der Waals surface area contributed by atoms with Crippen molar-refractivity contribution < 1.29 is 30.3 Å². The minimum absolute atomic E-state index is 0.0229. The second-order valence-corrected chi connectivity index (χ2v) is 7.88. The lowest BCUT2D eigenvalue weighted by Gasteiger charge is -2.40. The predicted molar refractivity (Wildman–Crippen MR) is 102 cm³/mol. The molecule has 6 heteroatoms. The summed E-state index contributed by atoms with van der Waals surface area (Å²) in [6.45, 7) is 1.26. The summed E-state index contributed by atoms with van der Waals surface area (Å²) in [6.07, 6.45) is -3.49. The van der Waals surface area contributed by atoms with E-state index in [2.05, 4.69) is 18.2 Å². The fraction of sp³-hybridized carbons (Fsp3) is 0.455. The van der Waals surface area contributed by atoms with Crippen molar-refractivity contribution >= 4 is 0 Å². The summed E-state index contributed by atoms with van der Waals surface area (Å²) < 4.78 is 5.63. The SMILES string of the molecule is Cc1cc(Cc2ccc3c(c2)CC3)cc([C@@H]2O[C@H](CO)[C@@H](O)[C@H](O)[C@H]2O)c1O.